The predicted molar refractivity (Wildman–Crippen MR) is 122 cm³/mol. The first-order valence-corrected chi connectivity index (χ1v) is 11.6. The van der Waals surface area contributed by atoms with Crippen LogP contribution in [-0.2, 0) is 20.4 Å². The third kappa shape index (κ3) is 3.68. The van der Waals surface area contributed by atoms with Gasteiger partial charge in [-0.1, -0.05) is 36.6 Å². The fourth-order valence-electron chi connectivity index (χ4n) is 5.60. The highest BCUT2D eigenvalue weighted by atomic mass is 35.5. The average Bonchev–Trinajstić information content (AvgIpc) is 3.29. The van der Waals surface area contributed by atoms with E-state index in [1.54, 1.807) is 42.2 Å². The molecule has 0 unspecified atom stereocenters. The van der Waals surface area contributed by atoms with Gasteiger partial charge in [0.1, 0.15) is 11.2 Å². The Morgan fingerprint density at radius 2 is 1.75 bits per heavy atom. The molecule has 0 N–H and O–H groups in total. The molecular formula is C25H29ClFN3O2. The molecule has 1 aromatic heterocycles. The summed E-state index contributed by atoms with van der Waals surface area (Å²) in [5.74, 6) is -0.642. The van der Waals surface area contributed by atoms with Crippen molar-refractivity contribution >= 4 is 23.4 Å². The lowest BCUT2D eigenvalue weighted by Gasteiger charge is -2.45. The van der Waals surface area contributed by atoms with E-state index in [0.717, 1.165) is 12.8 Å². The molecule has 2 fully saturated rings. The SMILES string of the molecule is CN(C)C(=O)[C@]1(c2ccccn2)CCCN(C(=O)C2(c3c(F)cccc3Cl)CCCC2)C1. The lowest BCUT2D eigenvalue weighted by molar-refractivity contribution is -0.145. The van der Waals surface area contributed by atoms with Crippen LogP contribution in [0, 0.1) is 5.82 Å². The number of carbonyl (C=O) groups excluding carboxylic acids is 2. The molecule has 2 heterocycles. The summed E-state index contributed by atoms with van der Waals surface area (Å²) in [5, 5.41) is 0.289. The second-order valence-electron chi connectivity index (χ2n) is 9.21. The molecular weight excluding hydrogens is 429 g/mol. The Morgan fingerprint density at radius 3 is 2.38 bits per heavy atom. The van der Waals surface area contributed by atoms with Crippen LogP contribution >= 0.6 is 11.6 Å². The van der Waals surface area contributed by atoms with Gasteiger partial charge < -0.3 is 9.80 Å². The van der Waals surface area contributed by atoms with Gasteiger partial charge >= 0.3 is 0 Å². The Bertz CT molecular complexity index is 987. The molecule has 1 aliphatic carbocycles. The van der Waals surface area contributed by atoms with Crippen LogP contribution in [-0.4, -0.2) is 53.8 Å². The van der Waals surface area contributed by atoms with Crippen LogP contribution in [0.3, 0.4) is 0 Å². The largest absolute Gasteiger partial charge is 0.348 e. The van der Waals surface area contributed by atoms with Crippen molar-refractivity contribution in [2.24, 2.45) is 0 Å². The number of benzene rings is 1. The number of halogens is 2. The second-order valence-corrected chi connectivity index (χ2v) is 9.62. The molecule has 2 amide bonds. The predicted octanol–water partition coefficient (Wildman–Crippen LogP) is 4.33. The number of pyridine rings is 1. The van der Waals surface area contributed by atoms with Crippen molar-refractivity contribution in [3.05, 3.63) is 64.7 Å². The van der Waals surface area contributed by atoms with Crippen LogP contribution in [0.2, 0.25) is 5.02 Å². The lowest BCUT2D eigenvalue weighted by atomic mass is 9.72. The zero-order valence-electron chi connectivity index (χ0n) is 18.6. The van der Waals surface area contributed by atoms with Crippen molar-refractivity contribution in [3.63, 3.8) is 0 Å². The normalized spacial score (nSPS) is 22.6. The summed E-state index contributed by atoms with van der Waals surface area (Å²) in [4.78, 5) is 35.4. The first-order valence-electron chi connectivity index (χ1n) is 11.2. The number of hydrogen-bond acceptors (Lipinski definition) is 3. The zero-order chi connectivity index (χ0) is 22.9. The topological polar surface area (TPSA) is 53.5 Å². The molecule has 7 heteroatoms. The van der Waals surface area contributed by atoms with Crippen molar-refractivity contribution in [2.75, 3.05) is 27.2 Å². The number of aromatic nitrogens is 1. The van der Waals surface area contributed by atoms with E-state index >= 15 is 0 Å². The van der Waals surface area contributed by atoms with E-state index in [1.807, 2.05) is 18.2 Å². The summed E-state index contributed by atoms with van der Waals surface area (Å²) in [7, 11) is 3.46. The van der Waals surface area contributed by atoms with E-state index in [4.69, 9.17) is 11.6 Å². The number of nitrogens with zero attached hydrogens (tertiary/aromatic N) is 3. The molecule has 170 valence electrons. The van der Waals surface area contributed by atoms with E-state index in [-0.39, 0.29) is 23.4 Å². The molecule has 32 heavy (non-hydrogen) atoms. The number of likely N-dealkylation sites (tertiary alicyclic amines) is 1. The van der Waals surface area contributed by atoms with Gasteiger partial charge in [-0.25, -0.2) is 4.39 Å². The Hall–Kier alpha value is -2.47. The Morgan fingerprint density at radius 1 is 1.03 bits per heavy atom. The molecule has 0 bridgehead atoms. The van der Waals surface area contributed by atoms with Crippen molar-refractivity contribution in [2.45, 2.75) is 49.4 Å². The molecule has 1 aliphatic heterocycles. The van der Waals surface area contributed by atoms with Crippen molar-refractivity contribution in [1.29, 1.82) is 0 Å². The van der Waals surface area contributed by atoms with Crippen molar-refractivity contribution < 1.29 is 14.0 Å². The first kappa shape index (κ1) is 22.7. The molecule has 0 spiro atoms. The van der Waals surface area contributed by atoms with Gasteiger partial charge in [0, 0.05) is 44.0 Å². The van der Waals surface area contributed by atoms with E-state index in [1.165, 1.54) is 6.07 Å². The Kier molecular flexibility index (Phi) is 6.26. The summed E-state index contributed by atoms with van der Waals surface area (Å²) in [6, 6.07) is 10.1. The van der Waals surface area contributed by atoms with Crippen LogP contribution < -0.4 is 0 Å². The molecule has 0 radical (unpaired) electrons. The highest BCUT2D eigenvalue weighted by Crippen LogP contribution is 2.47. The lowest BCUT2D eigenvalue weighted by Crippen LogP contribution is -2.59. The van der Waals surface area contributed by atoms with Gasteiger partial charge in [0.2, 0.25) is 11.8 Å². The summed E-state index contributed by atoms with van der Waals surface area (Å²) in [6.07, 6.45) is 5.75. The molecule has 2 aliphatic rings. The minimum absolute atomic E-state index is 0.0712. The van der Waals surface area contributed by atoms with Gasteiger partial charge in [0.25, 0.3) is 0 Å². The smallest absolute Gasteiger partial charge is 0.236 e. The number of likely N-dealkylation sites (N-methyl/N-ethyl adjacent to an activating group) is 1. The molecule has 2 aromatic rings. The van der Waals surface area contributed by atoms with Crippen LogP contribution in [0.4, 0.5) is 4.39 Å². The molecule has 1 saturated carbocycles. The maximum Gasteiger partial charge on any atom is 0.236 e. The molecule has 4 rings (SSSR count). The monoisotopic (exact) mass is 457 g/mol. The maximum absolute atomic E-state index is 15.0. The van der Waals surface area contributed by atoms with Crippen LogP contribution in [0.1, 0.15) is 49.8 Å². The van der Waals surface area contributed by atoms with Crippen LogP contribution in [0.25, 0.3) is 0 Å². The fourth-order valence-corrected chi connectivity index (χ4v) is 5.95. The summed E-state index contributed by atoms with van der Waals surface area (Å²) in [5.41, 5.74) is -0.938. The second kappa shape index (κ2) is 8.81. The van der Waals surface area contributed by atoms with Crippen molar-refractivity contribution in [3.8, 4) is 0 Å². The summed E-state index contributed by atoms with van der Waals surface area (Å²) < 4.78 is 15.0. The third-order valence-corrected chi connectivity index (χ3v) is 7.37. The fraction of sp³-hybridized carbons (Fsp3) is 0.480. The van der Waals surface area contributed by atoms with Crippen LogP contribution in [0.5, 0.6) is 0 Å². The van der Waals surface area contributed by atoms with Gasteiger partial charge in [0.15, 0.2) is 0 Å². The quantitative estimate of drug-likeness (QED) is 0.686. The molecule has 1 aromatic carbocycles. The Labute approximate surface area is 193 Å². The number of hydrogen-bond donors (Lipinski definition) is 0. The highest BCUT2D eigenvalue weighted by molar-refractivity contribution is 6.31. The van der Waals surface area contributed by atoms with E-state index in [9.17, 15) is 14.0 Å². The highest BCUT2D eigenvalue weighted by Gasteiger charge is 2.52. The summed E-state index contributed by atoms with van der Waals surface area (Å²) >= 11 is 6.44. The first-order chi connectivity index (χ1) is 15.3. The number of carbonyl (C=O) groups is 2. The minimum atomic E-state index is -0.989. The van der Waals surface area contributed by atoms with Gasteiger partial charge in [-0.05, 0) is 49.9 Å². The van der Waals surface area contributed by atoms with Gasteiger partial charge in [0.05, 0.1) is 11.1 Å². The standard InChI is InChI=1S/C25H29ClFN3O2/c1-29(2)22(31)25(20-11-3-6-15-28-20)14-8-16-30(17-25)23(32)24(12-4-5-13-24)21-18(26)9-7-10-19(21)27/h3,6-7,9-11,15H,4-5,8,12-14,16-17H2,1-2H3/t25-/m1/s1. The van der Waals surface area contributed by atoms with Gasteiger partial charge in [-0.3, -0.25) is 14.6 Å². The number of amides is 2. The number of rotatable bonds is 4. The van der Waals surface area contributed by atoms with E-state index < -0.39 is 16.6 Å². The molecule has 5 nitrogen and oxygen atoms in total. The summed E-state index contributed by atoms with van der Waals surface area (Å²) in [6.45, 7) is 0.760. The van der Waals surface area contributed by atoms with Crippen LogP contribution in [0.15, 0.2) is 42.6 Å². The zero-order valence-corrected chi connectivity index (χ0v) is 19.4. The van der Waals surface area contributed by atoms with Gasteiger partial charge in [-0.15, -0.1) is 0 Å². The van der Waals surface area contributed by atoms with E-state index in [0.29, 0.717) is 43.5 Å². The average molecular weight is 458 g/mol. The van der Waals surface area contributed by atoms with Gasteiger partial charge in [-0.2, -0.15) is 0 Å². The molecule has 1 atom stereocenters. The molecule has 1 saturated heterocycles. The maximum atomic E-state index is 15.0. The number of piperidine rings is 1. The minimum Gasteiger partial charge on any atom is -0.348 e. The Balaban J connectivity index is 1.76. The third-order valence-electron chi connectivity index (χ3n) is 7.06. The van der Waals surface area contributed by atoms with Crippen molar-refractivity contribution in [1.82, 2.24) is 14.8 Å². The van der Waals surface area contributed by atoms with E-state index in [2.05, 4.69) is 4.98 Å².